The Hall–Kier alpha value is -1.63. The predicted molar refractivity (Wildman–Crippen MR) is 96.1 cm³/mol. The molecule has 2 aliphatic rings. The van der Waals surface area contributed by atoms with Crippen molar-refractivity contribution in [2.45, 2.75) is 65.0 Å². The summed E-state index contributed by atoms with van der Waals surface area (Å²) in [4.78, 5) is 41.2. The molecule has 0 aliphatic carbocycles. The van der Waals surface area contributed by atoms with Crippen molar-refractivity contribution >= 4 is 17.8 Å². The number of likely N-dealkylation sites (tertiary alicyclic amines) is 2. The van der Waals surface area contributed by atoms with Crippen molar-refractivity contribution in [1.29, 1.82) is 0 Å². The van der Waals surface area contributed by atoms with Crippen LogP contribution in [-0.4, -0.2) is 71.6 Å². The lowest BCUT2D eigenvalue weighted by Gasteiger charge is -2.36. The molecule has 0 radical (unpaired) electrons. The molecule has 1 N–H and O–H groups in total. The van der Waals surface area contributed by atoms with Crippen LogP contribution in [0.5, 0.6) is 0 Å². The highest BCUT2D eigenvalue weighted by Gasteiger charge is 2.45. The molecule has 7 heteroatoms. The van der Waals surface area contributed by atoms with Crippen LogP contribution in [-0.2, 0) is 19.1 Å². The third kappa shape index (κ3) is 4.75. The number of carbonyl (C=O) groups excluding carboxylic acids is 3. The van der Waals surface area contributed by atoms with E-state index in [0.717, 1.165) is 32.4 Å². The molecule has 2 rings (SSSR count). The number of β-amino-alcohol motifs (C(OH)–C–C–N with tert-alkyl or cyclic N) is 1. The fourth-order valence-electron chi connectivity index (χ4n) is 3.83. The topological polar surface area (TPSA) is 87.1 Å². The quantitative estimate of drug-likeness (QED) is 0.753. The van der Waals surface area contributed by atoms with Gasteiger partial charge in [0, 0.05) is 32.5 Å². The van der Waals surface area contributed by atoms with Crippen LogP contribution in [0.25, 0.3) is 0 Å². The van der Waals surface area contributed by atoms with Crippen molar-refractivity contribution in [2.24, 2.45) is 11.3 Å². The van der Waals surface area contributed by atoms with Gasteiger partial charge in [0.2, 0.25) is 11.8 Å². The van der Waals surface area contributed by atoms with E-state index in [1.165, 1.54) is 12.0 Å². The third-order valence-electron chi connectivity index (χ3n) is 5.47. The minimum absolute atomic E-state index is 0.00709. The zero-order chi connectivity index (χ0) is 19.5. The van der Waals surface area contributed by atoms with E-state index in [4.69, 9.17) is 4.74 Å². The minimum atomic E-state index is -0.780. The smallest absolute Gasteiger partial charge is 0.328 e. The summed E-state index contributed by atoms with van der Waals surface area (Å²) in [5, 5.41) is 9.96. The largest absolute Gasteiger partial charge is 0.467 e. The molecule has 148 valence electrons. The average molecular weight is 368 g/mol. The van der Waals surface area contributed by atoms with Crippen molar-refractivity contribution < 1.29 is 24.2 Å². The van der Waals surface area contributed by atoms with Crippen LogP contribution < -0.4 is 0 Å². The Labute approximate surface area is 155 Å². The molecule has 7 nitrogen and oxygen atoms in total. The summed E-state index contributed by atoms with van der Waals surface area (Å²) in [5.74, 6) is -1.33. The maximum atomic E-state index is 13.2. The Morgan fingerprint density at radius 1 is 1.15 bits per heavy atom. The second kappa shape index (κ2) is 8.37. The summed E-state index contributed by atoms with van der Waals surface area (Å²) in [7, 11) is 1.27. The van der Waals surface area contributed by atoms with E-state index in [9.17, 15) is 19.5 Å². The molecular weight excluding hydrogens is 336 g/mol. The molecule has 2 amide bonds. The van der Waals surface area contributed by atoms with Crippen LogP contribution in [0.2, 0.25) is 0 Å². The number of piperidine rings is 1. The van der Waals surface area contributed by atoms with E-state index >= 15 is 0 Å². The van der Waals surface area contributed by atoms with Gasteiger partial charge in [-0.15, -0.1) is 0 Å². The van der Waals surface area contributed by atoms with Gasteiger partial charge in [-0.2, -0.15) is 0 Å². The van der Waals surface area contributed by atoms with Gasteiger partial charge < -0.3 is 19.6 Å². The average Bonchev–Trinajstić information content (AvgIpc) is 2.99. The van der Waals surface area contributed by atoms with Gasteiger partial charge in [-0.25, -0.2) is 4.79 Å². The molecular formula is C19H32N2O5. The number of nitrogens with zero attached hydrogens (tertiary/aromatic N) is 2. The third-order valence-corrected chi connectivity index (χ3v) is 5.47. The number of rotatable bonds is 4. The molecule has 2 aliphatic heterocycles. The molecule has 2 heterocycles. The highest BCUT2D eigenvalue weighted by molar-refractivity contribution is 5.90. The highest BCUT2D eigenvalue weighted by atomic mass is 16.5. The van der Waals surface area contributed by atoms with E-state index in [1.807, 2.05) is 25.7 Å². The Kier molecular flexibility index (Phi) is 6.66. The Morgan fingerprint density at radius 3 is 2.31 bits per heavy atom. The molecule has 0 aromatic carbocycles. The standard InChI is InChI=1S/C19H32N2O5/c1-19(2,3)14(11-16(23)20-8-6-5-7-9-20)17(24)21-12-13(22)10-15(21)18(25)26-4/h13-15,22H,5-12H2,1-4H3/t13-,14?,15-/m0/s1. The summed E-state index contributed by atoms with van der Waals surface area (Å²) in [6.45, 7) is 7.38. The normalized spacial score (nSPS) is 25.1. The summed E-state index contributed by atoms with van der Waals surface area (Å²) >= 11 is 0. The molecule has 0 aromatic rings. The van der Waals surface area contributed by atoms with Crippen molar-refractivity contribution in [1.82, 2.24) is 9.80 Å². The Bertz CT molecular complexity index is 537. The summed E-state index contributed by atoms with van der Waals surface area (Å²) in [6.07, 6.45) is 2.70. The van der Waals surface area contributed by atoms with Gasteiger partial charge in [0.1, 0.15) is 6.04 Å². The molecule has 2 fully saturated rings. The number of aliphatic hydroxyl groups excluding tert-OH is 1. The van der Waals surface area contributed by atoms with Crippen LogP contribution in [0.4, 0.5) is 0 Å². The fourth-order valence-corrected chi connectivity index (χ4v) is 3.83. The molecule has 2 saturated heterocycles. The summed E-state index contributed by atoms with van der Waals surface area (Å²) in [5.41, 5.74) is -0.434. The van der Waals surface area contributed by atoms with Gasteiger partial charge in [0.25, 0.3) is 0 Å². The lowest BCUT2D eigenvalue weighted by Crippen LogP contribution is -2.49. The molecule has 26 heavy (non-hydrogen) atoms. The first-order chi connectivity index (χ1) is 12.1. The molecule has 1 unspecified atom stereocenters. The summed E-state index contributed by atoms with van der Waals surface area (Å²) in [6, 6.07) is -0.780. The van der Waals surface area contributed by atoms with Crippen LogP contribution in [0, 0.1) is 11.3 Å². The number of ether oxygens (including phenoxy) is 1. The van der Waals surface area contributed by atoms with Gasteiger partial charge in [-0.3, -0.25) is 9.59 Å². The zero-order valence-corrected chi connectivity index (χ0v) is 16.4. The SMILES string of the molecule is COC(=O)[C@@H]1C[C@H](O)CN1C(=O)C(CC(=O)N1CCCCC1)C(C)(C)C. The number of aliphatic hydroxyl groups is 1. The van der Waals surface area contributed by atoms with Gasteiger partial charge in [0.15, 0.2) is 0 Å². The van der Waals surface area contributed by atoms with E-state index < -0.39 is 29.4 Å². The number of hydrogen-bond acceptors (Lipinski definition) is 5. The van der Waals surface area contributed by atoms with Crippen molar-refractivity contribution in [2.75, 3.05) is 26.7 Å². The molecule has 3 atom stereocenters. The van der Waals surface area contributed by atoms with Crippen LogP contribution in [0.1, 0.15) is 52.9 Å². The second-order valence-electron chi connectivity index (χ2n) is 8.48. The van der Waals surface area contributed by atoms with E-state index in [0.29, 0.717) is 0 Å². The van der Waals surface area contributed by atoms with E-state index in [2.05, 4.69) is 0 Å². The maximum absolute atomic E-state index is 13.2. The van der Waals surface area contributed by atoms with E-state index in [-0.39, 0.29) is 31.2 Å². The molecule has 0 saturated carbocycles. The van der Waals surface area contributed by atoms with Crippen molar-refractivity contribution in [3.63, 3.8) is 0 Å². The lowest BCUT2D eigenvalue weighted by molar-refractivity contribution is -0.155. The minimum Gasteiger partial charge on any atom is -0.467 e. The van der Waals surface area contributed by atoms with Gasteiger partial charge >= 0.3 is 5.97 Å². The first-order valence-electron chi connectivity index (χ1n) is 9.49. The van der Waals surface area contributed by atoms with Crippen LogP contribution >= 0.6 is 0 Å². The Balaban J connectivity index is 2.16. The second-order valence-corrected chi connectivity index (χ2v) is 8.48. The monoisotopic (exact) mass is 368 g/mol. The molecule has 0 aromatic heterocycles. The lowest BCUT2D eigenvalue weighted by atomic mass is 9.77. The van der Waals surface area contributed by atoms with Gasteiger partial charge in [-0.05, 0) is 24.7 Å². The number of carbonyl (C=O) groups is 3. The molecule has 0 spiro atoms. The Morgan fingerprint density at radius 2 is 1.77 bits per heavy atom. The number of amides is 2. The number of methoxy groups -OCH3 is 1. The zero-order valence-electron chi connectivity index (χ0n) is 16.4. The first kappa shape index (κ1) is 20.7. The maximum Gasteiger partial charge on any atom is 0.328 e. The molecule has 0 bridgehead atoms. The highest BCUT2D eigenvalue weighted by Crippen LogP contribution is 2.34. The van der Waals surface area contributed by atoms with Crippen molar-refractivity contribution in [3.8, 4) is 0 Å². The van der Waals surface area contributed by atoms with Crippen LogP contribution in [0.15, 0.2) is 0 Å². The van der Waals surface area contributed by atoms with Gasteiger partial charge in [-0.1, -0.05) is 20.8 Å². The first-order valence-corrected chi connectivity index (χ1v) is 9.49. The van der Waals surface area contributed by atoms with Crippen molar-refractivity contribution in [3.05, 3.63) is 0 Å². The van der Waals surface area contributed by atoms with E-state index in [1.54, 1.807) is 0 Å². The number of hydrogen-bond donors (Lipinski definition) is 1. The predicted octanol–water partition coefficient (Wildman–Crippen LogP) is 1.19. The number of esters is 1. The summed E-state index contributed by atoms with van der Waals surface area (Å²) < 4.78 is 4.79. The fraction of sp³-hybridized carbons (Fsp3) is 0.842. The van der Waals surface area contributed by atoms with Crippen LogP contribution in [0.3, 0.4) is 0 Å². The van der Waals surface area contributed by atoms with Gasteiger partial charge in [0.05, 0.1) is 19.1 Å².